The van der Waals surface area contributed by atoms with Crippen molar-refractivity contribution in [3.8, 4) is 0 Å². The standard InChI is InChI=1S/C16H23BrN2O/c1-12-6-5-9-19(11-12)13(2)10-18-16(20)14-7-3-4-8-15(14)17/h3-4,7-8,12-13H,5-6,9-11H2,1-2H3,(H,18,20)/t12-,13+/m1/s1. The molecule has 1 aliphatic rings. The van der Waals surface area contributed by atoms with Crippen LogP contribution in [0, 0.1) is 5.92 Å². The number of carbonyl (C=O) groups is 1. The fraction of sp³-hybridized carbons (Fsp3) is 0.562. The molecule has 1 aromatic carbocycles. The molecular formula is C16H23BrN2O. The minimum Gasteiger partial charge on any atom is -0.350 e. The van der Waals surface area contributed by atoms with E-state index in [9.17, 15) is 4.79 Å². The zero-order valence-electron chi connectivity index (χ0n) is 12.2. The van der Waals surface area contributed by atoms with Crippen LogP contribution in [0.3, 0.4) is 0 Å². The van der Waals surface area contributed by atoms with Gasteiger partial charge in [0.25, 0.3) is 5.91 Å². The third-order valence-electron chi connectivity index (χ3n) is 3.99. The molecule has 0 aromatic heterocycles. The van der Waals surface area contributed by atoms with E-state index in [1.807, 2.05) is 24.3 Å². The zero-order valence-corrected chi connectivity index (χ0v) is 13.8. The van der Waals surface area contributed by atoms with E-state index < -0.39 is 0 Å². The van der Waals surface area contributed by atoms with Crippen LogP contribution < -0.4 is 5.32 Å². The van der Waals surface area contributed by atoms with E-state index in [2.05, 4.69) is 40.0 Å². The first-order valence-corrected chi connectivity index (χ1v) is 8.14. The van der Waals surface area contributed by atoms with Crippen LogP contribution in [0.2, 0.25) is 0 Å². The second-order valence-electron chi connectivity index (χ2n) is 5.78. The Morgan fingerprint density at radius 3 is 2.95 bits per heavy atom. The lowest BCUT2D eigenvalue weighted by atomic mass is 9.99. The van der Waals surface area contributed by atoms with Crippen LogP contribution in [-0.2, 0) is 0 Å². The van der Waals surface area contributed by atoms with Gasteiger partial charge in [0.2, 0.25) is 0 Å². The summed E-state index contributed by atoms with van der Waals surface area (Å²) < 4.78 is 0.844. The van der Waals surface area contributed by atoms with Crippen molar-refractivity contribution < 1.29 is 4.79 Å². The molecule has 2 atom stereocenters. The molecule has 1 aliphatic heterocycles. The van der Waals surface area contributed by atoms with Crippen LogP contribution in [0.1, 0.15) is 37.0 Å². The van der Waals surface area contributed by atoms with Gasteiger partial charge in [-0.1, -0.05) is 19.1 Å². The molecular weight excluding hydrogens is 316 g/mol. The molecule has 1 saturated heterocycles. The van der Waals surface area contributed by atoms with Gasteiger partial charge in [-0.3, -0.25) is 9.69 Å². The maximum Gasteiger partial charge on any atom is 0.252 e. The maximum atomic E-state index is 12.2. The predicted octanol–water partition coefficient (Wildman–Crippen LogP) is 3.30. The summed E-state index contributed by atoms with van der Waals surface area (Å²) in [6.07, 6.45) is 2.59. The van der Waals surface area contributed by atoms with Crippen molar-refractivity contribution in [1.29, 1.82) is 0 Å². The van der Waals surface area contributed by atoms with Gasteiger partial charge in [0.05, 0.1) is 5.56 Å². The lowest BCUT2D eigenvalue weighted by molar-refractivity contribution is 0.0917. The number of nitrogens with one attached hydrogen (secondary N) is 1. The molecule has 1 heterocycles. The summed E-state index contributed by atoms with van der Waals surface area (Å²) in [4.78, 5) is 14.6. The van der Waals surface area contributed by atoms with Gasteiger partial charge in [-0.05, 0) is 60.3 Å². The van der Waals surface area contributed by atoms with Crippen molar-refractivity contribution in [2.75, 3.05) is 19.6 Å². The topological polar surface area (TPSA) is 32.3 Å². The van der Waals surface area contributed by atoms with Crippen LogP contribution in [0.25, 0.3) is 0 Å². The molecule has 2 rings (SSSR count). The molecule has 3 nitrogen and oxygen atoms in total. The number of carbonyl (C=O) groups excluding carboxylic acids is 1. The first kappa shape index (κ1) is 15.5. The molecule has 0 bridgehead atoms. The van der Waals surface area contributed by atoms with Crippen LogP contribution in [0.15, 0.2) is 28.7 Å². The van der Waals surface area contributed by atoms with Crippen molar-refractivity contribution in [3.63, 3.8) is 0 Å². The van der Waals surface area contributed by atoms with Crippen LogP contribution in [0.5, 0.6) is 0 Å². The third kappa shape index (κ3) is 4.06. The van der Waals surface area contributed by atoms with Crippen LogP contribution in [-0.4, -0.2) is 36.5 Å². The zero-order chi connectivity index (χ0) is 14.5. The molecule has 1 N–H and O–H groups in total. The first-order valence-electron chi connectivity index (χ1n) is 7.34. The molecule has 1 amide bonds. The van der Waals surface area contributed by atoms with Gasteiger partial charge in [0, 0.05) is 23.6 Å². The highest BCUT2D eigenvalue weighted by Gasteiger charge is 2.21. The molecule has 0 aliphatic carbocycles. The molecule has 110 valence electrons. The van der Waals surface area contributed by atoms with Gasteiger partial charge >= 0.3 is 0 Å². The van der Waals surface area contributed by atoms with Crippen LogP contribution >= 0.6 is 15.9 Å². The second-order valence-corrected chi connectivity index (χ2v) is 6.64. The molecule has 1 fully saturated rings. The number of nitrogens with zero attached hydrogens (tertiary/aromatic N) is 1. The molecule has 0 spiro atoms. The second kappa shape index (κ2) is 7.23. The van der Waals surface area contributed by atoms with Crippen molar-refractivity contribution in [2.24, 2.45) is 5.92 Å². The lowest BCUT2D eigenvalue weighted by Gasteiger charge is -2.35. The van der Waals surface area contributed by atoms with E-state index in [1.54, 1.807) is 0 Å². The lowest BCUT2D eigenvalue weighted by Crippen LogP contribution is -2.46. The van der Waals surface area contributed by atoms with Crippen molar-refractivity contribution in [3.05, 3.63) is 34.3 Å². The highest BCUT2D eigenvalue weighted by Crippen LogP contribution is 2.18. The van der Waals surface area contributed by atoms with E-state index in [4.69, 9.17) is 0 Å². The number of piperidine rings is 1. The number of hydrogen-bond donors (Lipinski definition) is 1. The van der Waals surface area contributed by atoms with Gasteiger partial charge in [-0.25, -0.2) is 0 Å². The van der Waals surface area contributed by atoms with Crippen LogP contribution in [0.4, 0.5) is 0 Å². The van der Waals surface area contributed by atoms with Gasteiger partial charge in [-0.2, -0.15) is 0 Å². The number of amides is 1. The van der Waals surface area contributed by atoms with E-state index in [-0.39, 0.29) is 5.91 Å². The molecule has 0 unspecified atom stereocenters. The van der Waals surface area contributed by atoms with Crippen molar-refractivity contribution in [2.45, 2.75) is 32.7 Å². The molecule has 1 aromatic rings. The monoisotopic (exact) mass is 338 g/mol. The Morgan fingerprint density at radius 2 is 2.25 bits per heavy atom. The summed E-state index contributed by atoms with van der Waals surface area (Å²) >= 11 is 3.42. The molecule has 20 heavy (non-hydrogen) atoms. The number of likely N-dealkylation sites (tertiary alicyclic amines) is 1. The molecule has 0 radical (unpaired) electrons. The fourth-order valence-electron chi connectivity index (χ4n) is 2.74. The minimum absolute atomic E-state index is 0.00520. The van der Waals surface area contributed by atoms with Gasteiger partial charge in [0.15, 0.2) is 0 Å². The maximum absolute atomic E-state index is 12.2. The minimum atomic E-state index is -0.00520. The molecule has 4 heteroatoms. The Hall–Kier alpha value is -0.870. The largest absolute Gasteiger partial charge is 0.350 e. The van der Waals surface area contributed by atoms with Gasteiger partial charge in [0.1, 0.15) is 0 Å². The average Bonchev–Trinajstić information content (AvgIpc) is 2.45. The highest BCUT2D eigenvalue weighted by atomic mass is 79.9. The van der Waals surface area contributed by atoms with E-state index in [1.165, 1.54) is 12.8 Å². The van der Waals surface area contributed by atoms with Gasteiger partial charge in [-0.15, -0.1) is 0 Å². The summed E-state index contributed by atoms with van der Waals surface area (Å²) in [7, 11) is 0. The Bertz CT molecular complexity index is 464. The Labute approximate surface area is 129 Å². The normalized spacial score (nSPS) is 21.4. The molecule has 0 saturated carbocycles. The Morgan fingerprint density at radius 1 is 1.50 bits per heavy atom. The fourth-order valence-corrected chi connectivity index (χ4v) is 3.20. The number of halogens is 1. The third-order valence-corrected chi connectivity index (χ3v) is 4.68. The van der Waals surface area contributed by atoms with Crippen molar-refractivity contribution >= 4 is 21.8 Å². The summed E-state index contributed by atoms with van der Waals surface area (Å²) in [5.74, 6) is 0.763. The highest BCUT2D eigenvalue weighted by molar-refractivity contribution is 9.10. The quantitative estimate of drug-likeness (QED) is 0.913. The first-order chi connectivity index (χ1) is 9.58. The Balaban J connectivity index is 1.85. The summed E-state index contributed by atoms with van der Waals surface area (Å²) in [6, 6.07) is 7.93. The van der Waals surface area contributed by atoms with Crippen molar-refractivity contribution in [1.82, 2.24) is 10.2 Å². The van der Waals surface area contributed by atoms with E-state index in [0.29, 0.717) is 18.2 Å². The predicted molar refractivity (Wildman–Crippen MR) is 85.9 cm³/mol. The van der Waals surface area contributed by atoms with E-state index in [0.717, 1.165) is 23.5 Å². The smallest absolute Gasteiger partial charge is 0.252 e. The Kier molecular flexibility index (Phi) is 5.61. The number of benzene rings is 1. The summed E-state index contributed by atoms with van der Waals surface area (Å²) in [6.45, 7) is 7.49. The number of rotatable bonds is 4. The number of hydrogen-bond acceptors (Lipinski definition) is 2. The summed E-state index contributed by atoms with van der Waals surface area (Å²) in [5.41, 5.74) is 0.701. The average molecular weight is 339 g/mol. The summed E-state index contributed by atoms with van der Waals surface area (Å²) in [5, 5.41) is 3.04. The SMILES string of the molecule is C[C@@H]1CCCN([C@@H](C)CNC(=O)c2ccccc2Br)C1. The van der Waals surface area contributed by atoms with E-state index >= 15 is 0 Å². The van der Waals surface area contributed by atoms with Gasteiger partial charge < -0.3 is 5.32 Å².